The van der Waals surface area contributed by atoms with Gasteiger partial charge >= 0.3 is 0 Å². The van der Waals surface area contributed by atoms with Crippen LogP contribution in [-0.2, 0) is 19.7 Å². The highest BCUT2D eigenvalue weighted by Gasteiger charge is 2.08. The fourth-order valence-electron chi connectivity index (χ4n) is 2.54. The van der Waals surface area contributed by atoms with Gasteiger partial charge in [-0.25, -0.2) is 4.98 Å². The van der Waals surface area contributed by atoms with Crippen molar-refractivity contribution in [1.29, 1.82) is 0 Å². The normalized spacial score (nSPS) is 11.3. The number of benzene rings is 1. The van der Waals surface area contributed by atoms with Crippen molar-refractivity contribution in [1.82, 2.24) is 14.1 Å². The van der Waals surface area contributed by atoms with Crippen LogP contribution in [0.15, 0.2) is 43.0 Å². The summed E-state index contributed by atoms with van der Waals surface area (Å²) in [7, 11) is 0. The monoisotopic (exact) mass is 255 g/mol. The van der Waals surface area contributed by atoms with E-state index in [9.17, 15) is 5.11 Å². The van der Waals surface area contributed by atoms with Crippen molar-refractivity contribution < 1.29 is 5.11 Å². The number of hydrogen-bond donors (Lipinski definition) is 1. The molecule has 0 saturated carbocycles. The number of nitrogens with zero attached hydrogens (tertiary/aromatic N) is 3. The van der Waals surface area contributed by atoms with Crippen LogP contribution >= 0.6 is 0 Å². The predicted octanol–water partition coefficient (Wildman–Crippen LogP) is 2.40. The Hall–Kier alpha value is -2.07. The highest BCUT2D eigenvalue weighted by Crippen LogP contribution is 2.21. The topological polar surface area (TPSA) is 43.0 Å². The minimum atomic E-state index is 0.0639. The summed E-state index contributed by atoms with van der Waals surface area (Å²) in [4.78, 5) is 4.20. The molecule has 1 N–H and O–H groups in total. The van der Waals surface area contributed by atoms with Crippen molar-refractivity contribution in [2.45, 2.75) is 26.6 Å². The summed E-state index contributed by atoms with van der Waals surface area (Å²) in [5.41, 5.74) is 3.24. The molecule has 0 fully saturated rings. The molecular weight excluding hydrogens is 238 g/mol. The molecule has 0 aliphatic carbocycles. The van der Waals surface area contributed by atoms with Gasteiger partial charge in [-0.3, -0.25) is 0 Å². The number of aliphatic hydroxyl groups excluding tert-OH is 1. The standard InChI is InChI=1S/C15H17N3O/c1-2-17-11-16-8-14(17)9-18-7-6-12-4-3-5-13(10-19)15(12)18/h3-8,11,19H,2,9-10H2,1H3. The molecule has 0 saturated heterocycles. The van der Waals surface area contributed by atoms with Gasteiger partial charge in [0.1, 0.15) is 0 Å². The minimum absolute atomic E-state index is 0.0639. The molecule has 0 spiro atoms. The van der Waals surface area contributed by atoms with E-state index in [2.05, 4.69) is 39.4 Å². The molecule has 0 atom stereocenters. The van der Waals surface area contributed by atoms with E-state index in [0.29, 0.717) is 0 Å². The van der Waals surface area contributed by atoms with Gasteiger partial charge in [0.05, 0.1) is 30.7 Å². The zero-order valence-corrected chi connectivity index (χ0v) is 11.0. The zero-order chi connectivity index (χ0) is 13.2. The van der Waals surface area contributed by atoms with Gasteiger partial charge in [0, 0.05) is 24.5 Å². The molecule has 0 aliphatic heterocycles. The van der Waals surface area contributed by atoms with E-state index in [-0.39, 0.29) is 6.61 Å². The van der Waals surface area contributed by atoms with E-state index in [1.165, 1.54) is 5.69 Å². The Morgan fingerprint density at radius 3 is 2.89 bits per heavy atom. The van der Waals surface area contributed by atoms with Crippen molar-refractivity contribution in [3.8, 4) is 0 Å². The van der Waals surface area contributed by atoms with Gasteiger partial charge in [-0.2, -0.15) is 0 Å². The molecule has 0 unspecified atom stereocenters. The second-order valence-corrected chi connectivity index (χ2v) is 4.63. The van der Waals surface area contributed by atoms with Crippen molar-refractivity contribution in [2.24, 2.45) is 0 Å². The molecular formula is C15H17N3O. The van der Waals surface area contributed by atoms with Crippen LogP contribution in [0.5, 0.6) is 0 Å². The van der Waals surface area contributed by atoms with Crippen LogP contribution in [0, 0.1) is 0 Å². The van der Waals surface area contributed by atoms with Crippen LogP contribution in [-0.4, -0.2) is 19.2 Å². The molecule has 0 radical (unpaired) electrons. The predicted molar refractivity (Wildman–Crippen MR) is 74.9 cm³/mol. The van der Waals surface area contributed by atoms with E-state index < -0.39 is 0 Å². The highest BCUT2D eigenvalue weighted by molar-refractivity contribution is 5.83. The summed E-state index contributed by atoms with van der Waals surface area (Å²) in [6.07, 6.45) is 5.82. The molecule has 2 aromatic heterocycles. The maximum Gasteiger partial charge on any atom is 0.0948 e. The minimum Gasteiger partial charge on any atom is -0.392 e. The number of rotatable bonds is 4. The third-order valence-corrected chi connectivity index (χ3v) is 3.51. The maximum atomic E-state index is 9.47. The quantitative estimate of drug-likeness (QED) is 0.778. The molecule has 4 heteroatoms. The van der Waals surface area contributed by atoms with Crippen molar-refractivity contribution in [3.05, 3.63) is 54.2 Å². The van der Waals surface area contributed by atoms with E-state index in [1.807, 2.05) is 24.7 Å². The molecule has 3 rings (SSSR count). The van der Waals surface area contributed by atoms with Gasteiger partial charge in [0.2, 0.25) is 0 Å². The molecule has 4 nitrogen and oxygen atoms in total. The van der Waals surface area contributed by atoms with Gasteiger partial charge in [-0.15, -0.1) is 0 Å². The van der Waals surface area contributed by atoms with Gasteiger partial charge in [-0.05, 0) is 18.4 Å². The summed E-state index contributed by atoms with van der Waals surface area (Å²) in [5.74, 6) is 0. The number of hydrogen-bond acceptors (Lipinski definition) is 2. The molecule has 19 heavy (non-hydrogen) atoms. The largest absolute Gasteiger partial charge is 0.392 e. The van der Waals surface area contributed by atoms with E-state index in [0.717, 1.165) is 29.6 Å². The average Bonchev–Trinajstić information content (AvgIpc) is 3.06. The Bertz CT molecular complexity index is 696. The molecule has 0 bridgehead atoms. The van der Waals surface area contributed by atoms with E-state index in [1.54, 1.807) is 0 Å². The van der Waals surface area contributed by atoms with Crippen LogP contribution in [0.3, 0.4) is 0 Å². The summed E-state index contributed by atoms with van der Waals surface area (Å²) >= 11 is 0. The summed E-state index contributed by atoms with van der Waals surface area (Å²) in [6, 6.07) is 8.10. The number of imidazole rings is 1. The van der Waals surface area contributed by atoms with Gasteiger partial charge < -0.3 is 14.2 Å². The number of aryl methyl sites for hydroxylation is 1. The fourth-order valence-corrected chi connectivity index (χ4v) is 2.54. The Morgan fingerprint density at radius 2 is 2.11 bits per heavy atom. The Kier molecular flexibility index (Phi) is 3.09. The molecule has 98 valence electrons. The lowest BCUT2D eigenvalue weighted by molar-refractivity contribution is 0.283. The molecule has 1 aromatic carbocycles. The third-order valence-electron chi connectivity index (χ3n) is 3.51. The van der Waals surface area contributed by atoms with Crippen LogP contribution in [0.1, 0.15) is 18.2 Å². The van der Waals surface area contributed by atoms with E-state index in [4.69, 9.17) is 0 Å². The van der Waals surface area contributed by atoms with E-state index >= 15 is 0 Å². The second kappa shape index (κ2) is 4.90. The average molecular weight is 255 g/mol. The Morgan fingerprint density at radius 1 is 1.21 bits per heavy atom. The molecule has 0 amide bonds. The van der Waals surface area contributed by atoms with Crippen LogP contribution < -0.4 is 0 Å². The Balaban J connectivity index is 2.06. The first-order chi connectivity index (χ1) is 9.33. The number of aliphatic hydroxyl groups is 1. The van der Waals surface area contributed by atoms with Gasteiger partial charge in [-0.1, -0.05) is 18.2 Å². The Labute approximate surface area is 111 Å². The fraction of sp³-hybridized carbons (Fsp3) is 0.267. The lowest BCUT2D eigenvalue weighted by atomic mass is 10.1. The van der Waals surface area contributed by atoms with Crippen LogP contribution in [0.25, 0.3) is 10.9 Å². The lowest BCUT2D eigenvalue weighted by Gasteiger charge is -2.10. The maximum absolute atomic E-state index is 9.47. The third kappa shape index (κ3) is 2.04. The molecule has 3 aromatic rings. The zero-order valence-electron chi connectivity index (χ0n) is 11.0. The van der Waals surface area contributed by atoms with Crippen LogP contribution in [0.4, 0.5) is 0 Å². The molecule has 2 heterocycles. The summed E-state index contributed by atoms with van der Waals surface area (Å²) in [5, 5.41) is 10.6. The lowest BCUT2D eigenvalue weighted by Crippen LogP contribution is -2.06. The first kappa shape index (κ1) is 12.0. The van der Waals surface area contributed by atoms with Crippen molar-refractivity contribution in [3.63, 3.8) is 0 Å². The second-order valence-electron chi connectivity index (χ2n) is 4.63. The highest BCUT2D eigenvalue weighted by atomic mass is 16.3. The first-order valence-electron chi connectivity index (χ1n) is 6.50. The van der Waals surface area contributed by atoms with Crippen molar-refractivity contribution in [2.75, 3.05) is 0 Å². The number of para-hydroxylation sites is 1. The summed E-state index contributed by atoms with van der Waals surface area (Å²) < 4.78 is 4.30. The SMILES string of the molecule is CCn1cncc1Cn1ccc2cccc(CO)c21. The number of aromatic nitrogens is 3. The molecule has 0 aliphatic rings. The first-order valence-corrected chi connectivity index (χ1v) is 6.50. The van der Waals surface area contributed by atoms with Gasteiger partial charge in [0.15, 0.2) is 0 Å². The summed E-state index contributed by atoms with van der Waals surface area (Å²) in [6.45, 7) is 3.86. The van der Waals surface area contributed by atoms with Gasteiger partial charge in [0.25, 0.3) is 0 Å². The smallest absolute Gasteiger partial charge is 0.0948 e. The number of fused-ring (bicyclic) bond motifs is 1. The van der Waals surface area contributed by atoms with Crippen molar-refractivity contribution >= 4 is 10.9 Å². The van der Waals surface area contributed by atoms with Crippen LogP contribution in [0.2, 0.25) is 0 Å².